The van der Waals surface area contributed by atoms with Gasteiger partial charge in [0.15, 0.2) is 0 Å². The van der Waals surface area contributed by atoms with Crippen LogP contribution in [0.5, 0.6) is 5.75 Å². The fraction of sp³-hybridized carbons (Fsp3) is 0.600. The zero-order valence-corrected chi connectivity index (χ0v) is 10.2. The highest BCUT2D eigenvalue weighted by atomic mass is 16.3. The van der Waals surface area contributed by atoms with Crippen molar-refractivity contribution in [2.45, 2.75) is 56.5 Å². The lowest BCUT2D eigenvalue weighted by Gasteiger charge is -2.45. The molecule has 0 aromatic heterocycles. The normalized spacial score (nSPS) is 26.8. The standard InChI is InChI=1S/C15H20O2/c16-12-6-4-11-5-7-14(17)15(13(11)10-12)8-2-1-3-9-15/h4,6,10,14,16-17H,1-3,5,7-9H2. The SMILES string of the molecule is Oc1ccc2c(c1)C1(CCCCC1)C(O)CC2. The summed E-state index contributed by atoms with van der Waals surface area (Å²) in [4.78, 5) is 0. The number of aliphatic hydroxyl groups is 1. The predicted molar refractivity (Wildman–Crippen MR) is 67.2 cm³/mol. The van der Waals surface area contributed by atoms with E-state index in [9.17, 15) is 10.2 Å². The van der Waals surface area contributed by atoms with Crippen LogP contribution >= 0.6 is 0 Å². The maximum absolute atomic E-state index is 10.4. The second kappa shape index (κ2) is 4.02. The average molecular weight is 232 g/mol. The molecule has 2 nitrogen and oxygen atoms in total. The summed E-state index contributed by atoms with van der Waals surface area (Å²) in [5.74, 6) is 0.336. The van der Waals surface area contributed by atoms with E-state index in [0.29, 0.717) is 5.75 Å². The first-order valence-corrected chi connectivity index (χ1v) is 6.73. The quantitative estimate of drug-likeness (QED) is 0.722. The first-order chi connectivity index (χ1) is 8.22. The van der Waals surface area contributed by atoms with Gasteiger partial charge in [0.05, 0.1) is 6.10 Å². The molecule has 1 aromatic rings. The van der Waals surface area contributed by atoms with E-state index < -0.39 is 0 Å². The highest BCUT2D eigenvalue weighted by molar-refractivity contribution is 5.43. The number of phenolic OH excluding ortho intramolecular Hbond substituents is 1. The fourth-order valence-corrected chi connectivity index (χ4v) is 3.78. The van der Waals surface area contributed by atoms with Crippen LogP contribution in [0.4, 0.5) is 0 Å². The maximum atomic E-state index is 10.4. The minimum absolute atomic E-state index is 0.0649. The molecule has 0 saturated heterocycles. The number of fused-ring (bicyclic) bond motifs is 2. The van der Waals surface area contributed by atoms with Crippen LogP contribution in [0.3, 0.4) is 0 Å². The molecule has 3 rings (SSSR count). The van der Waals surface area contributed by atoms with Gasteiger partial charge >= 0.3 is 0 Å². The lowest BCUT2D eigenvalue weighted by atomic mass is 9.61. The van der Waals surface area contributed by atoms with E-state index in [1.165, 1.54) is 30.4 Å². The van der Waals surface area contributed by atoms with Crippen molar-refractivity contribution in [1.29, 1.82) is 0 Å². The zero-order chi connectivity index (χ0) is 11.9. The van der Waals surface area contributed by atoms with Crippen molar-refractivity contribution < 1.29 is 10.2 Å². The van der Waals surface area contributed by atoms with E-state index in [1.54, 1.807) is 6.07 Å². The molecule has 0 radical (unpaired) electrons. The van der Waals surface area contributed by atoms with Gasteiger partial charge in [-0.2, -0.15) is 0 Å². The molecule has 0 bridgehead atoms. The molecule has 1 saturated carbocycles. The summed E-state index contributed by atoms with van der Waals surface area (Å²) in [6, 6.07) is 5.70. The number of aromatic hydroxyl groups is 1. The van der Waals surface area contributed by atoms with Crippen LogP contribution in [0.15, 0.2) is 18.2 Å². The molecule has 17 heavy (non-hydrogen) atoms. The molecule has 2 heteroatoms. The van der Waals surface area contributed by atoms with Crippen LogP contribution < -0.4 is 0 Å². The minimum atomic E-state index is -0.225. The van der Waals surface area contributed by atoms with Gasteiger partial charge < -0.3 is 10.2 Å². The van der Waals surface area contributed by atoms with E-state index in [4.69, 9.17) is 0 Å². The van der Waals surface area contributed by atoms with E-state index in [0.717, 1.165) is 25.7 Å². The lowest BCUT2D eigenvalue weighted by molar-refractivity contribution is 0.0389. The van der Waals surface area contributed by atoms with E-state index in [1.807, 2.05) is 12.1 Å². The molecule has 0 heterocycles. The molecule has 1 fully saturated rings. The largest absolute Gasteiger partial charge is 0.508 e. The smallest absolute Gasteiger partial charge is 0.115 e. The molecular weight excluding hydrogens is 212 g/mol. The Morgan fingerprint density at radius 3 is 2.65 bits per heavy atom. The van der Waals surface area contributed by atoms with Crippen LogP contribution in [0.1, 0.15) is 49.7 Å². The van der Waals surface area contributed by atoms with Crippen molar-refractivity contribution in [1.82, 2.24) is 0 Å². The summed E-state index contributed by atoms with van der Waals surface area (Å²) in [5, 5.41) is 20.1. The second-order valence-electron chi connectivity index (χ2n) is 5.61. The molecule has 1 unspecified atom stereocenters. The first-order valence-electron chi connectivity index (χ1n) is 6.73. The lowest BCUT2D eigenvalue weighted by Crippen LogP contribution is -2.45. The van der Waals surface area contributed by atoms with Gasteiger partial charge in [0.1, 0.15) is 5.75 Å². The Bertz CT molecular complexity index is 419. The van der Waals surface area contributed by atoms with Gasteiger partial charge in [-0.1, -0.05) is 25.3 Å². The summed E-state index contributed by atoms with van der Waals surface area (Å²) < 4.78 is 0. The highest BCUT2D eigenvalue weighted by Gasteiger charge is 2.44. The van der Waals surface area contributed by atoms with Crippen LogP contribution in [-0.2, 0) is 11.8 Å². The number of aliphatic hydroxyl groups excluding tert-OH is 1. The zero-order valence-electron chi connectivity index (χ0n) is 10.2. The fourth-order valence-electron chi connectivity index (χ4n) is 3.78. The number of hydrogen-bond acceptors (Lipinski definition) is 2. The summed E-state index contributed by atoms with van der Waals surface area (Å²) >= 11 is 0. The number of phenols is 1. The molecule has 2 N–H and O–H groups in total. The van der Waals surface area contributed by atoms with Crippen molar-refractivity contribution in [3.8, 4) is 5.75 Å². The minimum Gasteiger partial charge on any atom is -0.508 e. The Labute approximate surface area is 102 Å². The number of benzene rings is 1. The topological polar surface area (TPSA) is 40.5 Å². The number of rotatable bonds is 0. The van der Waals surface area contributed by atoms with Crippen molar-refractivity contribution in [3.63, 3.8) is 0 Å². The molecule has 1 spiro atoms. The van der Waals surface area contributed by atoms with Crippen LogP contribution in [-0.4, -0.2) is 16.3 Å². The van der Waals surface area contributed by atoms with Crippen LogP contribution in [0, 0.1) is 0 Å². The van der Waals surface area contributed by atoms with E-state index >= 15 is 0 Å². The monoisotopic (exact) mass is 232 g/mol. The number of aryl methyl sites for hydroxylation is 1. The van der Waals surface area contributed by atoms with Gasteiger partial charge in [-0.15, -0.1) is 0 Å². The highest BCUT2D eigenvalue weighted by Crippen LogP contribution is 2.48. The van der Waals surface area contributed by atoms with Gasteiger partial charge in [-0.25, -0.2) is 0 Å². The third kappa shape index (κ3) is 1.66. The van der Waals surface area contributed by atoms with Crippen molar-refractivity contribution in [2.75, 3.05) is 0 Å². The molecule has 1 atom stereocenters. The molecule has 0 aliphatic heterocycles. The molecule has 1 aromatic carbocycles. The third-order valence-electron chi connectivity index (χ3n) is 4.70. The number of hydrogen-bond donors (Lipinski definition) is 2. The molecule has 92 valence electrons. The molecule has 2 aliphatic carbocycles. The van der Waals surface area contributed by atoms with Gasteiger partial charge in [-0.05, 0) is 48.9 Å². The van der Waals surface area contributed by atoms with Gasteiger partial charge in [0.25, 0.3) is 0 Å². The van der Waals surface area contributed by atoms with E-state index in [2.05, 4.69) is 0 Å². The van der Waals surface area contributed by atoms with E-state index in [-0.39, 0.29) is 11.5 Å². The van der Waals surface area contributed by atoms with Gasteiger partial charge in [0, 0.05) is 5.41 Å². The Morgan fingerprint density at radius 1 is 1.12 bits per heavy atom. The Morgan fingerprint density at radius 2 is 1.88 bits per heavy atom. The summed E-state index contributed by atoms with van der Waals surface area (Å²) in [7, 11) is 0. The molecular formula is C15H20O2. The summed E-state index contributed by atoms with van der Waals surface area (Å²) in [6.45, 7) is 0. The Balaban J connectivity index is 2.11. The first kappa shape index (κ1) is 11.1. The predicted octanol–water partition coefficient (Wildman–Crippen LogP) is 2.90. The Kier molecular flexibility index (Phi) is 2.62. The molecule has 0 amide bonds. The summed E-state index contributed by atoms with van der Waals surface area (Å²) in [5.41, 5.74) is 2.48. The van der Waals surface area contributed by atoms with Crippen molar-refractivity contribution in [2.24, 2.45) is 0 Å². The third-order valence-corrected chi connectivity index (χ3v) is 4.70. The van der Waals surface area contributed by atoms with Crippen molar-refractivity contribution in [3.05, 3.63) is 29.3 Å². The second-order valence-corrected chi connectivity index (χ2v) is 5.61. The maximum Gasteiger partial charge on any atom is 0.115 e. The average Bonchev–Trinajstić information content (AvgIpc) is 2.36. The Hall–Kier alpha value is -1.02. The summed E-state index contributed by atoms with van der Waals surface area (Å²) in [6.07, 6.45) is 7.42. The van der Waals surface area contributed by atoms with Gasteiger partial charge in [-0.3, -0.25) is 0 Å². The van der Waals surface area contributed by atoms with Crippen LogP contribution in [0.25, 0.3) is 0 Å². The van der Waals surface area contributed by atoms with Crippen LogP contribution in [0.2, 0.25) is 0 Å². The van der Waals surface area contributed by atoms with Gasteiger partial charge in [0.2, 0.25) is 0 Å². The van der Waals surface area contributed by atoms with Crippen molar-refractivity contribution >= 4 is 0 Å². The molecule has 2 aliphatic rings.